The number of carbonyl (C=O) groups excluding carboxylic acids is 1. The van der Waals surface area contributed by atoms with Crippen LogP contribution in [0.5, 0.6) is 0 Å². The summed E-state index contributed by atoms with van der Waals surface area (Å²) in [6.07, 6.45) is 3.29. The van der Waals surface area contributed by atoms with Crippen LogP contribution in [0.3, 0.4) is 0 Å². The maximum Gasteiger partial charge on any atom is 0.243 e. The normalized spacial score (nSPS) is 25.6. The van der Waals surface area contributed by atoms with Crippen LogP contribution in [0.15, 0.2) is 29.2 Å². The lowest BCUT2D eigenvalue weighted by Gasteiger charge is -2.35. The molecule has 3 heterocycles. The van der Waals surface area contributed by atoms with Crippen LogP contribution in [-0.4, -0.2) is 55.6 Å². The van der Waals surface area contributed by atoms with Gasteiger partial charge in [0, 0.05) is 31.2 Å². The molecule has 0 saturated carbocycles. The zero-order valence-electron chi connectivity index (χ0n) is 14.4. The molecule has 132 valence electrons. The molecule has 0 amide bonds. The fourth-order valence-electron chi connectivity index (χ4n) is 3.90. The first-order valence-corrected chi connectivity index (χ1v) is 10.2. The van der Waals surface area contributed by atoms with Gasteiger partial charge in [0.15, 0.2) is 5.78 Å². The van der Waals surface area contributed by atoms with E-state index in [2.05, 4.69) is 11.8 Å². The van der Waals surface area contributed by atoms with Gasteiger partial charge in [0.2, 0.25) is 10.0 Å². The third-order valence-corrected chi connectivity index (χ3v) is 7.05. The van der Waals surface area contributed by atoms with E-state index in [4.69, 9.17) is 0 Å². The third kappa shape index (κ3) is 3.41. The fraction of sp³-hybridized carbons (Fsp3) is 0.611. The maximum absolute atomic E-state index is 13.0. The van der Waals surface area contributed by atoms with Crippen molar-refractivity contribution in [1.29, 1.82) is 0 Å². The zero-order valence-corrected chi connectivity index (χ0v) is 15.3. The molecule has 24 heavy (non-hydrogen) atoms. The summed E-state index contributed by atoms with van der Waals surface area (Å²) in [4.78, 5) is 14.1. The Morgan fingerprint density at radius 2 is 1.83 bits per heavy atom. The van der Waals surface area contributed by atoms with Crippen molar-refractivity contribution >= 4 is 15.8 Å². The molecule has 2 bridgehead atoms. The molecular weight excluding hydrogens is 324 g/mol. The van der Waals surface area contributed by atoms with Crippen molar-refractivity contribution in [2.75, 3.05) is 26.2 Å². The number of nitrogens with zero attached hydrogens (tertiary/aromatic N) is 2. The van der Waals surface area contributed by atoms with Crippen LogP contribution in [-0.2, 0) is 10.0 Å². The van der Waals surface area contributed by atoms with Gasteiger partial charge in [-0.15, -0.1) is 0 Å². The highest BCUT2D eigenvalue weighted by Crippen LogP contribution is 2.31. The van der Waals surface area contributed by atoms with Crippen LogP contribution in [0, 0.1) is 5.92 Å². The van der Waals surface area contributed by atoms with Gasteiger partial charge in [-0.1, -0.05) is 19.1 Å². The van der Waals surface area contributed by atoms with E-state index >= 15 is 0 Å². The van der Waals surface area contributed by atoms with Gasteiger partial charge in [-0.2, -0.15) is 4.31 Å². The highest BCUT2D eigenvalue weighted by molar-refractivity contribution is 7.89. The number of hydrogen-bond acceptors (Lipinski definition) is 4. The molecule has 0 unspecified atom stereocenters. The number of Topliss-reactive ketones (excluding diaryl/α,β-unsaturated/α-hetero) is 1. The number of benzene rings is 1. The molecule has 4 rings (SSSR count). The van der Waals surface area contributed by atoms with E-state index < -0.39 is 10.0 Å². The average molecular weight is 350 g/mol. The lowest BCUT2D eigenvalue weighted by atomic mass is 9.95. The van der Waals surface area contributed by atoms with E-state index in [1.807, 2.05) is 0 Å². The average Bonchev–Trinajstić information content (AvgIpc) is 2.88. The van der Waals surface area contributed by atoms with E-state index in [-0.39, 0.29) is 10.7 Å². The van der Waals surface area contributed by atoms with Gasteiger partial charge in [-0.05, 0) is 50.8 Å². The lowest BCUT2D eigenvalue weighted by Crippen LogP contribution is -2.44. The van der Waals surface area contributed by atoms with Crippen LogP contribution in [0.25, 0.3) is 0 Å². The molecule has 1 aromatic rings. The van der Waals surface area contributed by atoms with Gasteiger partial charge in [0.1, 0.15) is 0 Å². The lowest BCUT2D eigenvalue weighted by molar-refractivity contribution is 0.101. The second kappa shape index (κ2) is 6.94. The molecule has 1 aromatic carbocycles. The van der Waals surface area contributed by atoms with Gasteiger partial charge in [0.25, 0.3) is 0 Å². The van der Waals surface area contributed by atoms with Crippen LogP contribution in [0.4, 0.5) is 0 Å². The van der Waals surface area contributed by atoms with Crippen LogP contribution in [0.1, 0.15) is 43.5 Å². The maximum atomic E-state index is 13.0. The molecular formula is C18H26N2O3S. The highest BCUT2D eigenvalue weighted by Gasteiger charge is 2.39. The molecule has 0 spiro atoms. The summed E-state index contributed by atoms with van der Waals surface area (Å²) in [7, 11) is -3.50. The van der Waals surface area contributed by atoms with Gasteiger partial charge >= 0.3 is 0 Å². The van der Waals surface area contributed by atoms with Crippen molar-refractivity contribution in [3.63, 3.8) is 0 Å². The predicted molar refractivity (Wildman–Crippen MR) is 93.6 cm³/mol. The Balaban J connectivity index is 1.83. The monoisotopic (exact) mass is 350 g/mol. The number of fused-ring (bicyclic) bond motifs is 4. The topological polar surface area (TPSA) is 57.7 Å². The summed E-state index contributed by atoms with van der Waals surface area (Å²) in [6.45, 7) is 6.89. The van der Waals surface area contributed by atoms with Crippen molar-refractivity contribution in [1.82, 2.24) is 9.21 Å². The van der Waals surface area contributed by atoms with Crippen LogP contribution in [0.2, 0.25) is 0 Å². The molecule has 6 heteroatoms. The minimum Gasteiger partial charge on any atom is -0.299 e. The summed E-state index contributed by atoms with van der Waals surface area (Å²) in [6, 6.07) is 6.65. The number of piperidine rings is 1. The number of hydrogen-bond donors (Lipinski definition) is 0. The Kier molecular flexibility index (Phi) is 5.08. The van der Waals surface area contributed by atoms with Gasteiger partial charge in [-0.25, -0.2) is 8.42 Å². The second-order valence-corrected chi connectivity index (χ2v) is 8.93. The van der Waals surface area contributed by atoms with E-state index in [1.165, 1.54) is 6.92 Å². The Morgan fingerprint density at radius 1 is 1.12 bits per heavy atom. The highest BCUT2D eigenvalue weighted by atomic mass is 32.2. The van der Waals surface area contributed by atoms with E-state index in [9.17, 15) is 13.2 Å². The summed E-state index contributed by atoms with van der Waals surface area (Å²) in [5, 5.41) is 0. The van der Waals surface area contributed by atoms with E-state index in [0.717, 1.165) is 32.4 Å². The molecule has 0 radical (unpaired) electrons. The predicted octanol–water partition coefficient (Wildman–Crippen LogP) is 2.38. The molecule has 3 aliphatic heterocycles. The molecule has 0 aliphatic carbocycles. The molecule has 0 N–H and O–H groups in total. The summed E-state index contributed by atoms with van der Waals surface area (Å²) < 4.78 is 27.7. The van der Waals surface area contributed by atoms with Gasteiger partial charge in [0.05, 0.1) is 4.90 Å². The first-order chi connectivity index (χ1) is 11.4. The molecule has 3 aliphatic rings. The van der Waals surface area contributed by atoms with Crippen molar-refractivity contribution in [2.45, 2.75) is 44.0 Å². The quantitative estimate of drug-likeness (QED) is 0.765. The number of rotatable bonds is 5. The van der Waals surface area contributed by atoms with E-state index in [1.54, 1.807) is 28.6 Å². The van der Waals surface area contributed by atoms with Crippen molar-refractivity contribution < 1.29 is 13.2 Å². The Bertz CT molecular complexity index is 699. The van der Waals surface area contributed by atoms with Gasteiger partial charge < -0.3 is 0 Å². The van der Waals surface area contributed by atoms with Crippen molar-refractivity contribution in [2.24, 2.45) is 5.92 Å². The van der Waals surface area contributed by atoms with E-state index in [0.29, 0.717) is 30.6 Å². The SMILES string of the molecule is CCCN1C[C@H]2CC[C@@H]1CN(S(=O)(=O)c1ccc(C(C)=O)cc1)C2. The van der Waals surface area contributed by atoms with Gasteiger partial charge in [-0.3, -0.25) is 9.69 Å². The second-order valence-electron chi connectivity index (χ2n) is 6.99. The Morgan fingerprint density at radius 3 is 2.46 bits per heavy atom. The van der Waals surface area contributed by atoms with Crippen molar-refractivity contribution in [3.8, 4) is 0 Å². The van der Waals surface area contributed by atoms with Crippen molar-refractivity contribution in [3.05, 3.63) is 29.8 Å². The first kappa shape index (κ1) is 17.6. The minimum atomic E-state index is -3.50. The molecule has 5 nitrogen and oxygen atoms in total. The minimum absolute atomic E-state index is 0.0537. The first-order valence-electron chi connectivity index (χ1n) is 8.77. The molecule has 3 saturated heterocycles. The summed E-state index contributed by atoms with van der Waals surface area (Å²) >= 11 is 0. The van der Waals surface area contributed by atoms with Crippen LogP contribution >= 0.6 is 0 Å². The largest absolute Gasteiger partial charge is 0.299 e. The molecule has 0 aromatic heterocycles. The number of carbonyl (C=O) groups is 1. The smallest absolute Gasteiger partial charge is 0.243 e. The Labute approximate surface area is 144 Å². The number of ketones is 1. The standard InChI is InChI=1S/C18H26N2O3S/c1-3-10-19-11-15-4-7-17(19)13-20(12-15)24(22,23)18-8-5-16(6-9-18)14(2)21/h5-6,8-9,15,17H,3-4,7,10-13H2,1-2H3/t15-,17-/m1/s1. The van der Waals surface area contributed by atoms with Crippen LogP contribution < -0.4 is 0 Å². The zero-order chi connectivity index (χ0) is 17.3. The fourth-order valence-corrected chi connectivity index (χ4v) is 5.46. The molecule has 3 fully saturated rings. The molecule has 2 atom stereocenters. The third-order valence-electron chi connectivity index (χ3n) is 5.20. The summed E-state index contributed by atoms with van der Waals surface area (Å²) in [5.41, 5.74) is 0.541. The number of sulfonamides is 1. The Hall–Kier alpha value is -1.24. The summed E-state index contributed by atoms with van der Waals surface area (Å²) in [5.74, 6) is 0.364.